The van der Waals surface area contributed by atoms with Crippen molar-refractivity contribution in [3.8, 4) is 0 Å². The van der Waals surface area contributed by atoms with Gasteiger partial charge in [-0.2, -0.15) is 0 Å². The second-order valence-electron chi connectivity index (χ2n) is 6.17. The molecule has 1 aliphatic rings. The number of nitrogens with zero attached hydrogens (tertiary/aromatic N) is 5. The highest BCUT2D eigenvalue weighted by molar-refractivity contribution is 7.15. The van der Waals surface area contributed by atoms with Gasteiger partial charge in [-0.1, -0.05) is 5.21 Å². The Morgan fingerprint density at radius 2 is 2.24 bits per heavy atom. The van der Waals surface area contributed by atoms with Crippen molar-refractivity contribution in [2.24, 2.45) is 5.92 Å². The summed E-state index contributed by atoms with van der Waals surface area (Å²) in [4.78, 5) is 28.2. The number of aliphatic carboxylic acids is 1. The fraction of sp³-hybridized carbons (Fsp3) is 0.400. The summed E-state index contributed by atoms with van der Waals surface area (Å²) >= 11 is 1.49. The Labute approximate surface area is 146 Å². The lowest BCUT2D eigenvalue weighted by Crippen LogP contribution is -2.32. The topological polar surface area (TPSA) is 114 Å². The Balaban J connectivity index is 1.38. The molecule has 3 aromatic rings. The Bertz CT molecular complexity index is 952. The van der Waals surface area contributed by atoms with Gasteiger partial charge in [-0.15, -0.1) is 16.4 Å². The number of carboxylic acids is 1. The summed E-state index contributed by atoms with van der Waals surface area (Å²) in [5.74, 6) is -1.28. The van der Waals surface area contributed by atoms with Crippen LogP contribution in [-0.2, 0) is 11.3 Å². The lowest BCUT2D eigenvalue weighted by molar-refractivity contribution is -0.146. The largest absolute Gasteiger partial charge is 0.481 e. The molecule has 0 radical (unpaired) electrons. The molecule has 1 saturated carbocycles. The molecular formula is C15H16N6O3S. The van der Waals surface area contributed by atoms with Crippen molar-refractivity contribution >= 4 is 28.2 Å². The summed E-state index contributed by atoms with van der Waals surface area (Å²) in [6, 6.07) is 0.0703. The summed E-state index contributed by atoms with van der Waals surface area (Å²) in [5.41, 5.74) is 2.09. The molecule has 3 heterocycles. The highest BCUT2D eigenvalue weighted by Crippen LogP contribution is 2.37. The minimum Gasteiger partial charge on any atom is -0.481 e. The van der Waals surface area contributed by atoms with Crippen molar-refractivity contribution < 1.29 is 14.7 Å². The van der Waals surface area contributed by atoms with Crippen LogP contribution in [0.1, 0.15) is 40.8 Å². The minimum atomic E-state index is -0.764. The lowest BCUT2D eigenvalue weighted by Gasteiger charge is -2.31. The fourth-order valence-corrected chi connectivity index (χ4v) is 3.79. The number of carbonyl (C=O) groups excluding carboxylic acids is 1. The maximum absolute atomic E-state index is 12.4. The molecule has 0 aromatic carbocycles. The molecule has 0 atom stereocenters. The van der Waals surface area contributed by atoms with E-state index in [1.807, 2.05) is 16.7 Å². The van der Waals surface area contributed by atoms with Gasteiger partial charge in [0.15, 0.2) is 4.96 Å². The van der Waals surface area contributed by atoms with E-state index in [9.17, 15) is 9.59 Å². The number of aryl methyl sites for hydroxylation is 1. The monoisotopic (exact) mass is 360 g/mol. The Hall–Kier alpha value is -2.75. The zero-order valence-electron chi connectivity index (χ0n) is 13.4. The van der Waals surface area contributed by atoms with Crippen LogP contribution in [0.4, 0.5) is 0 Å². The number of imidazole rings is 1. The van der Waals surface area contributed by atoms with Gasteiger partial charge in [0.1, 0.15) is 11.4 Å². The Kier molecular flexibility index (Phi) is 3.75. The number of carbonyl (C=O) groups is 2. The van der Waals surface area contributed by atoms with E-state index in [4.69, 9.17) is 5.11 Å². The van der Waals surface area contributed by atoms with E-state index in [2.05, 4.69) is 20.6 Å². The number of amides is 1. The predicted octanol–water partition coefficient (Wildman–Crippen LogP) is 1.26. The van der Waals surface area contributed by atoms with E-state index in [0.717, 1.165) is 10.7 Å². The van der Waals surface area contributed by atoms with E-state index in [1.165, 1.54) is 11.3 Å². The molecule has 130 valence electrons. The first-order chi connectivity index (χ1) is 12.0. The third kappa shape index (κ3) is 2.78. The lowest BCUT2D eigenvalue weighted by atomic mass is 9.80. The highest BCUT2D eigenvalue weighted by Gasteiger charge is 2.36. The minimum absolute atomic E-state index is 0.0703. The summed E-state index contributed by atoms with van der Waals surface area (Å²) in [6.07, 6.45) is 4.45. The summed E-state index contributed by atoms with van der Waals surface area (Å²) in [5, 5.41) is 21.8. The maximum atomic E-state index is 12.4. The smallest absolute Gasteiger partial charge is 0.306 e. The second-order valence-corrected chi connectivity index (χ2v) is 7.01. The van der Waals surface area contributed by atoms with E-state index in [1.54, 1.807) is 17.1 Å². The molecule has 0 spiro atoms. The van der Waals surface area contributed by atoms with E-state index in [0.29, 0.717) is 24.2 Å². The predicted molar refractivity (Wildman–Crippen MR) is 88.4 cm³/mol. The molecule has 0 bridgehead atoms. The Morgan fingerprint density at radius 1 is 1.44 bits per heavy atom. The van der Waals surface area contributed by atoms with Crippen LogP contribution in [0.25, 0.3) is 4.96 Å². The molecule has 1 aliphatic carbocycles. The molecule has 1 fully saturated rings. The van der Waals surface area contributed by atoms with Gasteiger partial charge < -0.3 is 10.4 Å². The van der Waals surface area contributed by atoms with Gasteiger partial charge in [-0.25, -0.2) is 9.67 Å². The first-order valence-corrected chi connectivity index (χ1v) is 8.74. The van der Waals surface area contributed by atoms with Crippen LogP contribution >= 0.6 is 11.3 Å². The number of carboxylic acid groups (broad SMARTS) is 1. The van der Waals surface area contributed by atoms with Crippen LogP contribution in [0, 0.1) is 12.8 Å². The third-order valence-electron chi connectivity index (χ3n) is 4.47. The normalized spacial score (nSPS) is 19.7. The number of thiazole rings is 1. The number of fused-ring (bicyclic) bond motifs is 1. The van der Waals surface area contributed by atoms with Gasteiger partial charge in [0.25, 0.3) is 5.91 Å². The molecule has 1 amide bonds. The van der Waals surface area contributed by atoms with Crippen LogP contribution in [0.5, 0.6) is 0 Å². The van der Waals surface area contributed by atoms with E-state index < -0.39 is 5.97 Å². The molecule has 9 nitrogen and oxygen atoms in total. The first kappa shape index (κ1) is 15.8. The van der Waals surface area contributed by atoms with Gasteiger partial charge in [-0.3, -0.25) is 14.0 Å². The van der Waals surface area contributed by atoms with Gasteiger partial charge in [0.05, 0.1) is 30.9 Å². The van der Waals surface area contributed by atoms with Gasteiger partial charge in [0, 0.05) is 11.1 Å². The standard InChI is InChI=1S/C15H16N6O3S/c1-8-7-25-15-17-5-12(21(8)15)13(22)16-4-10-6-20(19-18-10)11-2-9(3-11)14(23)24/h5-7,9,11H,2-4H2,1H3,(H,16,22)(H,23,24). The van der Waals surface area contributed by atoms with Gasteiger partial charge in [0.2, 0.25) is 0 Å². The molecule has 0 aliphatic heterocycles. The number of nitrogens with one attached hydrogen (secondary N) is 1. The van der Waals surface area contributed by atoms with E-state index >= 15 is 0 Å². The van der Waals surface area contributed by atoms with Crippen molar-refractivity contribution in [3.63, 3.8) is 0 Å². The second kappa shape index (κ2) is 5.96. The van der Waals surface area contributed by atoms with E-state index in [-0.39, 0.29) is 24.4 Å². The average Bonchev–Trinajstić information content (AvgIpc) is 3.22. The fourth-order valence-electron chi connectivity index (χ4n) is 2.95. The molecule has 2 N–H and O–H groups in total. The van der Waals surface area contributed by atoms with Crippen LogP contribution in [0.2, 0.25) is 0 Å². The Morgan fingerprint density at radius 3 is 3.00 bits per heavy atom. The first-order valence-electron chi connectivity index (χ1n) is 7.86. The van der Waals surface area contributed by atoms with Crippen molar-refractivity contribution in [1.82, 2.24) is 29.7 Å². The highest BCUT2D eigenvalue weighted by atomic mass is 32.1. The summed E-state index contributed by atoms with van der Waals surface area (Å²) in [6.45, 7) is 2.18. The van der Waals surface area contributed by atoms with Crippen molar-refractivity contribution in [2.45, 2.75) is 32.4 Å². The number of rotatable bonds is 5. The van der Waals surface area contributed by atoms with Gasteiger partial charge >= 0.3 is 5.97 Å². The van der Waals surface area contributed by atoms with Crippen LogP contribution in [-0.4, -0.2) is 41.4 Å². The quantitative estimate of drug-likeness (QED) is 0.708. The number of hydrogen-bond acceptors (Lipinski definition) is 6. The van der Waals surface area contributed by atoms with Gasteiger partial charge in [-0.05, 0) is 19.8 Å². The summed E-state index contributed by atoms with van der Waals surface area (Å²) < 4.78 is 3.50. The molecule has 3 aromatic heterocycles. The molecule has 4 rings (SSSR count). The summed E-state index contributed by atoms with van der Waals surface area (Å²) in [7, 11) is 0. The van der Waals surface area contributed by atoms with Crippen molar-refractivity contribution in [2.75, 3.05) is 0 Å². The van der Waals surface area contributed by atoms with Crippen LogP contribution in [0.3, 0.4) is 0 Å². The molecule has 0 unspecified atom stereocenters. The zero-order chi connectivity index (χ0) is 17.6. The number of hydrogen-bond donors (Lipinski definition) is 2. The molecule has 10 heteroatoms. The van der Waals surface area contributed by atoms with Crippen molar-refractivity contribution in [3.05, 3.63) is 34.9 Å². The SMILES string of the molecule is Cc1csc2ncc(C(=O)NCc3cn(C4CC(C(=O)O)C4)nn3)n12. The van der Waals surface area contributed by atoms with Crippen molar-refractivity contribution in [1.29, 1.82) is 0 Å². The maximum Gasteiger partial charge on any atom is 0.306 e. The van der Waals surface area contributed by atoms with Crippen LogP contribution < -0.4 is 5.32 Å². The average molecular weight is 360 g/mol. The zero-order valence-corrected chi connectivity index (χ0v) is 14.2. The molecular weight excluding hydrogens is 344 g/mol. The molecule has 0 saturated heterocycles. The number of aromatic nitrogens is 5. The van der Waals surface area contributed by atoms with Crippen LogP contribution in [0.15, 0.2) is 17.8 Å². The molecule has 25 heavy (non-hydrogen) atoms. The third-order valence-corrected chi connectivity index (χ3v) is 5.43.